The minimum atomic E-state index is -0.316. The van der Waals surface area contributed by atoms with Crippen LogP contribution in [0.5, 0.6) is 0 Å². The van der Waals surface area contributed by atoms with Crippen LogP contribution in [0.4, 0.5) is 0 Å². The predicted molar refractivity (Wildman–Crippen MR) is 69.9 cm³/mol. The highest BCUT2D eigenvalue weighted by Crippen LogP contribution is 1.95. The zero-order valence-corrected chi connectivity index (χ0v) is 11.7. The molecule has 0 aromatic rings. The first-order valence-corrected chi connectivity index (χ1v) is 6.36. The minimum Gasteiger partial charge on any atom is -0.460 e. The predicted octanol–water partition coefficient (Wildman–Crippen LogP) is 0.538. The molecule has 0 atom stereocenters. The summed E-state index contributed by atoms with van der Waals surface area (Å²) in [6.07, 6.45) is 1.70. The van der Waals surface area contributed by atoms with Crippen LogP contribution in [0.3, 0.4) is 0 Å². The number of rotatable bonds is 12. The molecule has 6 nitrogen and oxygen atoms in total. The highest BCUT2D eigenvalue weighted by molar-refractivity contribution is 5.87. The molecule has 0 spiro atoms. The molecule has 0 rings (SSSR count). The minimum absolute atomic E-state index is 0.0223. The number of ether oxygens (including phenoxy) is 4. The van der Waals surface area contributed by atoms with Crippen LogP contribution in [0, 0.1) is 0 Å². The molecule has 0 aromatic carbocycles. The molecule has 19 heavy (non-hydrogen) atoms. The van der Waals surface area contributed by atoms with Gasteiger partial charge in [0.2, 0.25) is 0 Å². The van der Waals surface area contributed by atoms with E-state index in [9.17, 15) is 4.79 Å². The number of hydrogen-bond acceptors (Lipinski definition) is 6. The summed E-state index contributed by atoms with van der Waals surface area (Å²) < 4.78 is 20.4. The lowest BCUT2D eigenvalue weighted by Crippen LogP contribution is -2.14. The summed E-state index contributed by atoms with van der Waals surface area (Å²) in [5.74, 6) is -0.316. The fourth-order valence-corrected chi connectivity index (χ4v) is 1.03. The lowest BCUT2D eigenvalue weighted by molar-refractivity contribution is -0.140. The molecule has 0 saturated carbocycles. The lowest BCUT2D eigenvalue weighted by Gasteiger charge is -2.07. The standard InChI is InChI=1S/C13H24O6/c1-3-12(2)13(15)19-11-10-18-9-8-17-7-6-16-5-4-14/h3,14H,4-11H2,1-2H3/b12-3+. The van der Waals surface area contributed by atoms with Crippen LogP contribution in [0.1, 0.15) is 13.8 Å². The van der Waals surface area contributed by atoms with E-state index in [1.165, 1.54) is 0 Å². The molecule has 0 amide bonds. The van der Waals surface area contributed by atoms with E-state index in [0.717, 1.165) is 0 Å². The normalized spacial score (nSPS) is 11.6. The Bertz CT molecular complexity index is 252. The van der Waals surface area contributed by atoms with Gasteiger partial charge in [0.25, 0.3) is 0 Å². The molecular weight excluding hydrogens is 252 g/mol. The van der Waals surface area contributed by atoms with Gasteiger partial charge in [0, 0.05) is 5.57 Å². The number of esters is 1. The number of carbonyl (C=O) groups is 1. The SMILES string of the molecule is C/C=C(\C)C(=O)OCCOCCOCCOCCO. The Labute approximate surface area is 114 Å². The van der Waals surface area contributed by atoms with Crippen molar-refractivity contribution in [3.63, 3.8) is 0 Å². The first-order chi connectivity index (χ1) is 9.22. The van der Waals surface area contributed by atoms with Crippen LogP contribution < -0.4 is 0 Å². The van der Waals surface area contributed by atoms with E-state index in [2.05, 4.69) is 0 Å². The molecule has 0 aliphatic rings. The van der Waals surface area contributed by atoms with Gasteiger partial charge in [-0.25, -0.2) is 4.79 Å². The summed E-state index contributed by atoms with van der Waals surface area (Å²) in [6, 6.07) is 0. The molecular formula is C13H24O6. The maximum atomic E-state index is 11.2. The third-order valence-electron chi connectivity index (χ3n) is 2.20. The Hall–Kier alpha value is -0.950. The van der Waals surface area contributed by atoms with Crippen LogP contribution in [0.25, 0.3) is 0 Å². The summed E-state index contributed by atoms with van der Waals surface area (Å²) in [4.78, 5) is 11.2. The van der Waals surface area contributed by atoms with Gasteiger partial charge in [0.05, 0.1) is 46.2 Å². The largest absolute Gasteiger partial charge is 0.460 e. The van der Waals surface area contributed by atoms with E-state index in [1.807, 2.05) is 0 Å². The Morgan fingerprint density at radius 3 is 1.89 bits per heavy atom. The molecule has 0 bridgehead atoms. The van der Waals surface area contributed by atoms with Crippen molar-refractivity contribution >= 4 is 5.97 Å². The molecule has 0 aliphatic heterocycles. The molecule has 112 valence electrons. The molecule has 0 unspecified atom stereocenters. The van der Waals surface area contributed by atoms with Crippen molar-refractivity contribution in [2.45, 2.75) is 13.8 Å². The highest BCUT2D eigenvalue weighted by atomic mass is 16.6. The number of hydrogen-bond donors (Lipinski definition) is 1. The van der Waals surface area contributed by atoms with Crippen LogP contribution in [-0.2, 0) is 23.7 Å². The van der Waals surface area contributed by atoms with Crippen molar-refractivity contribution in [2.75, 3.05) is 52.9 Å². The second-order valence-electron chi connectivity index (χ2n) is 3.67. The van der Waals surface area contributed by atoms with E-state index >= 15 is 0 Å². The van der Waals surface area contributed by atoms with E-state index in [-0.39, 0.29) is 19.2 Å². The second kappa shape index (κ2) is 13.5. The average Bonchev–Trinajstić information content (AvgIpc) is 2.43. The highest BCUT2D eigenvalue weighted by Gasteiger charge is 2.03. The zero-order valence-electron chi connectivity index (χ0n) is 11.7. The quantitative estimate of drug-likeness (QED) is 0.318. The molecule has 0 fully saturated rings. The van der Waals surface area contributed by atoms with Gasteiger partial charge in [-0.3, -0.25) is 0 Å². The Balaban J connectivity index is 3.17. The summed E-state index contributed by atoms with van der Waals surface area (Å²) in [7, 11) is 0. The van der Waals surface area contributed by atoms with Crippen molar-refractivity contribution in [2.24, 2.45) is 0 Å². The van der Waals surface area contributed by atoms with Crippen LogP contribution in [0.2, 0.25) is 0 Å². The van der Waals surface area contributed by atoms with Crippen LogP contribution in [-0.4, -0.2) is 63.9 Å². The zero-order chi connectivity index (χ0) is 14.3. The van der Waals surface area contributed by atoms with Gasteiger partial charge >= 0.3 is 5.97 Å². The van der Waals surface area contributed by atoms with Crippen molar-refractivity contribution in [1.82, 2.24) is 0 Å². The van der Waals surface area contributed by atoms with E-state index in [4.69, 9.17) is 24.1 Å². The smallest absolute Gasteiger partial charge is 0.333 e. The molecule has 6 heteroatoms. The van der Waals surface area contributed by atoms with Crippen molar-refractivity contribution in [3.8, 4) is 0 Å². The Morgan fingerprint density at radius 1 is 0.947 bits per heavy atom. The van der Waals surface area contributed by atoms with E-state index in [1.54, 1.807) is 19.9 Å². The first kappa shape index (κ1) is 18.0. The maximum Gasteiger partial charge on any atom is 0.333 e. The van der Waals surface area contributed by atoms with Gasteiger partial charge in [0.15, 0.2) is 0 Å². The molecule has 1 N–H and O–H groups in total. The van der Waals surface area contributed by atoms with Gasteiger partial charge in [-0.1, -0.05) is 6.08 Å². The van der Waals surface area contributed by atoms with Crippen LogP contribution >= 0.6 is 0 Å². The lowest BCUT2D eigenvalue weighted by atomic mass is 10.3. The topological polar surface area (TPSA) is 74.2 Å². The second-order valence-corrected chi connectivity index (χ2v) is 3.67. The summed E-state index contributed by atoms with van der Waals surface area (Å²) in [6.45, 7) is 6.27. The fraction of sp³-hybridized carbons (Fsp3) is 0.769. The molecule has 0 saturated heterocycles. The third-order valence-corrected chi connectivity index (χ3v) is 2.20. The molecule has 0 aliphatic carbocycles. The number of allylic oxidation sites excluding steroid dienone is 1. The van der Waals surface area contributed by atoms with Crippen molar-refractivity contribution in [1.29, 1.82) is 0 Å². The van der Waals surface area contributed by atoms with Gasteiger partial charge in [-0.2, -0.15) is 0 Å². The fourth-order valence-electron chi connectivity index (χ4n) is 1.03. The third kappa shape index (κ3) is 11.9. The monoisotopic (exact) mass is 276 g/mol. The summed E-state index contributed by atoms with van der Waals surface area (Å²) >= 11 is 0. The van der Waals surface area contributed by atoms with Gasteiger partial charge in [-0.05, 0) is 13.8 Å². The maximum absolute atomic E-state index is 11.2. The van der Waals surface area contributed by atoms with Gasteiger partial charge < -0.3 is 24.1 Å². The number of aliphatic hydroxyl groups is 1. The Morgan fingerprint density at radius 2 is 1.42 bits per heavy atom. The average molecular weight is 276 g/mol. The van der Waals surface area contributed by atoms with E-state index < -0.39 is 0 Å². The molecule has 0 radical (unpaired) electrons. The first-order valence-electron chi connectivity index (χ1n) is 6.36. The number of aliphatic hydroxyl groups excluding tert-OH is 1. The summed E-state index contributed by atoms with van der Waals surface area (Å²) in [5, 5.41) is 8.45. The van der Waals surface area contributed by atoms with Gasteiger partial charge in [-0.15, -0.1) is 0 Å². The molecule has 0 heterocycles. The Kier molecular flexibility index (Phi) is 12.8. The van der Waals surface area contributed by atoms with Crippen molar-refractivity contribution < 1.29 is 28.8 Å². The van der Waals surface area contributed by atoms with E-state index in [0.29, 0.717) is 45.2 Å². The molecule has 0 aromatic heterocycles. The number of carbonyl (C=O) groups excluding carboxylic acids is 1. The summed E-state index contributed by atoms with van der Waals surface area (Å²) in [5.41, 5.74) is 0.589. The van der Waals surface area contributed by atoms with Crippen LogP contribution in [0.15, 0.2) is 11.6 Å². The van der Waals surface area contributed by atoms with Gasteiger partial charge in [0.1, 0.15) is 6.61 Å². The van der Waals surface area contributed by atoms with Crippen molar-refractivity contribution in [3.05, 3.63) is 11.6 Å².